The number of fused-ring (bicyclic) bond motifs is 1. The van der Waals surface area contributed by atoms with E-state index < -0.39 is 21.3 Å². The number of hydrogen-bond acceptors (Lipinski definition) is 7. The second-order valence-corrected chi connectivity index (χ2v) is 14.2. The largest absolute Gasteiger partial charge is 0.748 e. The van der Waals surface area contributed by atoms with Crippen LogP contribution in [0.5, 0.6) is 5.75 Å². The molecule has 0 aliphatic rings. The number of anilines is 1. The number of rotatable bonds is 21. The molecule has 0 aliphatic carbocycles. The standard InChI is InChI=1S/C36H54N2O6S/c1-5-8-9-10-11-12-13-14-15-16-24-38(4,25-17-26-45(41,42)43)28-29-18-23-33-32(27-29)34(39)35(40)36(44-33)30-19-21-31(22-20-30)37(6-2)7-3/h18-23,27H,5-17,24-26,28H2,1-4H3,(H-,40,41,42,43). The summed E-state index contributed by atoms with van der Waals surface area (Å²) < 4.78 is 40.5. The van der Waals surface area contributed by atoms with Gasteiger partial charge in [-0.05, 0) is 69.2 Å². The van der Waals surface area contributed by atoms with Crippen LogP contribution in [-0.4, -0.2) is 61.5 Å². The normalized spacial score (nSPS) is 13.3. The second kappa shape index (κ2) is 17.7. The summed E-state index contributed by atoms with van der Waals surface area (Å²) in [6.45, 7) is 10.1. The molecule has 0 amide bonds. The van der Waals surface area contributed by atoms with E-state index in [0.717, 1.165) is 43.7 Å². The van der Waals surface area contributed by atoms with E-state index in [1.54, 1.807) is 12.1 Å². The van der Waals surface area contributed by atoms with E-state index in [0.29, 0.717) is 34.1 Å². The Hall–Kier alpha value is -2.88. The lowest BCUT2D eigenvalue weighted by Gasteiger charge is -2.35. The molecule has 0 fully saturated rings. The van der Waals surface area contributed by atoms with Gasteiger partial charge in [0.15, 0.2) is 5.76 Å². The number of quaternary nitrogens is 1. The third-order valence-corrected chi connectivity index (χ3v) is 9.69. The first-order valence-electron chi connectivity index (χ1n) is 16.9. The van der Waals surface area contributed by atoms with E-state index in [4.69, 9.17) is 4.42 Å². The van der Waals surface area contributed by atoms with Gasteiger partial charge >= 0.3 is 0 Å². The summed E-state index contributed by atoms with van der Waals surface area (Å²) >= 11 is 0. The van der Waals surface area contributed by atoms with Gasteiger partial charge in [0.1, 0.15) is 12.1 Å². The lowest BCUT2D eigenvalue weighted by Crippen LogP contribution is -2.45. The van der Waals surface area contributed by atoms with Crippen LogP contribution in [0.2, 0.25) is 0 Å². The second-order valence-electron chi connectivity index (χ2n) is 12.7. The van der Waals surface area contributed by atoms with Crippen molar-refractivity contribution >= 4 is 26.8 Å². The third kappa shape index (κ3) is 11.5. The van der Waals surface area contributed by atoms with Gasteiger partial charge < -0.3 is 23.5 Å². The van der Waals surface area contributed by atoms with Gasteiger partial charge in [0.25, 0.3) is 0 Å². The molecule has 0 bridgehead atoms. The predicted molar refractivity (Wildman–Crippen MR) is 184 cm³/mol. The summed E-state index contributed by atoms with van der Waals surface area (Å²) in [5.74, 6) is -0.655. The first-order chi connectivity index (χ1) is 21.5. The van der Waals surface area contributed by atoms with E-state index in [9.17, 15) is 22.9 Å². The first kappa shape index (κ1) is 36.6. The summed E-state index contributed by atoms with van der Waals surface area (Å²) in [7, 11) is -2.20. The van der Waals surface area contributed by atoms with E-state index in [1.165, 1.54) is 51.4 Å². The number of benzene rings is 2. The van der Waals surface area contributed by atoms with Crippen LogP contribution in [0.4, 0.5) is 5.69 Å². The quantitative estimate of drug-likeness (QED) is 0.0717. The van der Waals surface area contributed by atoms with Crippen molar-refractivity contribution in [1.29, 1.82) is 0 Å². The third-order valence-electron chi connectivity index (χ3n) is 8.90. The van der Waals surface area contributed by atoms with Crippen LogP contribution >= 0.6 is 0 Å². The van der Waals surface area contributed by atoms with Crippen LogP contribution in [-0.2, 0) is 16.7 Å². The van der Waals surface area contributed by atoms with Gasteiger partial charge in [-0.25, -0.2) is 8.42 Å². The van der Waals surface area contributed by atoms with E-state index in [2.05, 4.69) is 32.7 Å². The zero-order valence-corrected chi connectivity index (χ0v) is 28.7. The Labute approximate surface area is 270 Å². The minimum atomic E-state index is -4.28. The average molecular weight is 643 g/mol. The maximum absolute atomic E-state index is 13.3. The highest BCUT2D eigenvalue weighted by molar-refractivity contribution is 7.85. The molecule has 9 heteroatoms. The van der Waals surface area contributed by atoms with Gasteiger partial charge in [-0.3, -0.25) is 4.79 Å². The van der Waals surface area contributed by atoms with Crippen molar-refractivity contribution in [3.63, 3.8) is 0 Å². The van der Waals surface area contributed by atoms with Crippen molar-refractivity contribution < 1.29 is 27.0 Å². The smallest absolute Gasteiger partial charge is 0.235 e. The highest BCUT2D eigenvalue weighted by atomic mass is 32.2. The van der Waals surface area contributed by atoms with Crippen molar-refractivity contribution in [2.24, 2.45) is 0 Å². The molecule has 0 saturated heterocycles. The summed E-state index contributed by atoms with van der Waals surface area (Å²) in [6.07, 6.45) is 12.6. The van der Waals surface area contributed by atoms with Gasteiger partial charge in [0.2, 0.25) is 11.2 Å². The van der Waals surface area contributed by atoms with Gasteiger partial charge in [0, 0.05) is 42.1 Å². The summed E-state index contributed by atoms with van der Waals surface area (Å²) in [4.78, 5) is 15.5. The zero-order valence-electron chi connectivity index (χ0n) is 27.9. The monoisotopic (exact) mass is 642 g/mol. The van der Waals surface area contributed by atoms with Crippen LogP contribution in [0.25, 0.3) is 22.3 Å². The molecule has 1 N–H and O–H groups in total. The van der Waals surface area contributed by atoms with E-state index in [1.807, 2.05) is 30.3 Å². The van der Waals surface area contributed by atoms with Crippen molar-refractivity contribution in [2.75, 3.05) is 43.9 Å². The first-order valence-corrected chi connectivity index (χ1v) is 18.5. The molecule has 1 heterocycles. The lowest BCUT2D eigenvalue weighted by molar-refractivity contribution is -0.922. The highest BCUT2D eigenvalue weighted by Gasteiger charge is 2.23. The van der Waals surface area contributed by atoms with Crippen LogP contribution in [0, 0.1) is 0 Å². The fraction of sp³-hybridized carbons (Fsp3) is 0.583. The minimum absolute atomic E-state index is 0.145. The van der Waals surface area contributed by atoms with E-state index >= 15 is 0 Å². The van der Waals surface area contributed by atoms with E-state index in [-0.39, 0.29) is 17.9 Å². The molecule has 3 rings (SSSR count). The Morgan fingerprint density at radius 2 is 1.40 bits per heavy atom. The molecule has 3 aromatic rings. The lowest BCUT2D eigenvalue weighted by atomic mass is 10.1. The minimum Gasteiger partial charge on any atom is -0.748 e. The maximum Gasteiger partial charge on any atom is 0.235 e. The van der Waals surface area contributed by atoms with Crippen molar-refractivity contribution in [2.45, 2.75) is 97.9 Å². The number of unbranched alkanes of at least 4 members (excludes halogenated alkanes) is 9. The Kier molecular flexibility index (Phi) is 14.4. The highest BCUT2D eigenvalue weighted by Crippen LogP contribution is 2.32. The molecule has 0 saturated carbocycles. The SMILES string of the molecule is CCCCCCCCCCCC[N+](C)(CCCS(=O)(=O)[O-])Cc1ccc2oc(-c3ccc(N(CC)CC)cc3)c(O)c(=O)c2c1. The van der Waals surface area contributed by atoms with Crippen molar-refractivity contribution in [3.05, 3.63) is 58.3 Å². The Bertz CT molecular complexity index is 1500. The fourth-order valence-corrected chi connectivity index (χ4v) is 6.74. The summed E-state index contributed by atoms with van der Waals surface area (Å²) in [5, 5.41) is 11.2. The number of nitrogens with zero attached hydrogens (tertiary/aromatic N) is 2. The van der Waals surface area contributed by atoms with Crippen LogP contribution in [0.1, 0.15) is 97.0 Å². The van der Waals surface area contributed by atoms with Crippen LogP contribution in [0.15, 0.2) is 51.7 Å². The van der Waals surface area contributed by atoms with Gasteiger partial charge in [0.05, 0.1) is 35.6 Å². The van der Waals surface area contributed by atoms with Gasteiger partial charge in [-0.1, -0.05) is 58.3 Å². The molecule has 250 valence electrons. The van der Waals surface area contributed by atoms with Gasteiger partial charge in [-0.15, -0.1) is 0 Å². The Morgan fingerprint density at radius 3 is 1.98 bits per heavy atom. The Morgan fingerprint density at radius 1 is 0.822 bits per heavy atom. The number of hydrogen-bond donors (Lipinski definition) is 1. The molecule has 1 atom stereocenters. The molecule has 1 aromatic heterocycles. The predicted octanol–water partition coefficient (Wildman–Crippen LogP) is 7.81. The summed E-state index contributed by atoms with van der Waals surface area (Å²) in [6, 6.07) is 13.1. The van der Waals surface area contributed by atoms with Crippen LogP contribution < -0.4 is 10.3 Å². The van der Waals surface area contributed by atoms with Crippen molar-refractivity contribution in [1.82, 2.24) is 0 Å². The molecule has 1 unspecified atom stereocenters. The van der Waals surface area contributed by atoms with Gasteiger partial charge in [-0.2, -0.15) is 0 Å². The molecule has 2 aromatic carbocycles. The summed E-state index contributed by atoms with van der Waals surface area (Å²) in [5.41, 5.74) is 2.49. The topological polar surface area (TPSA) is 111 Å². The molecule has 0 aliphatic heterocycles. The molecule has 8 nitrogen and oxygen atoms in total. The molecule has 0 spiro atoms. The Balaban J connectivity index is 1.73. The van der Waals surface area contributed by atoms with Crippen molar-refractivity contribution in [3.8, 4) is 17.1 Å². The number of aromatic hydroxyl groups is 1. The fourth-order valence-electron chi connectivity index (χ4n) is 6.25. The zero-order chi connectivity index (χ0) is 32.9. The molecular formula is C36H54N2O6S. The average Bonchev–Trinajstić information content (AvgIpc) is 3.00. The van der Waals surface area contributed by atoms with Crippen LogP contribution in [0.3, 0.4) is 0 Å². The molecule has 0 radical (unpaired) electrons. The molecular weight excluding hydrogens is 588 g/mol. The molecule has 45 heavy (non-hydrogen) atoms. The maximum atomic E-state index is 13.3.